The molecule has 1 aliphatic heterocycles. The van der Waals surface area contributed by atoms with Crippen LogP contribution in [0, 0.1) is 5.82 Å². The number of hydrogen-bond donors (Lipinski definition) is 1. The van der Waals surface area contributed by atoms with E-state index in [1.165, 1.54) is 27.8 Å². The van der Waals surface area contributed by atoms with Crippen LogP contribution < -0.4 is 5.32 Å². The van der Waals surface area contributed by atoms with Gasteiger partial charge in [-0.15, -0.1) is 11.3 Å². The zero-order valence-electron chi connectivity index (χ0n) is 19.6. The van der Waals surface area contributed by atoms with Crippen LogP contribution in [0.5, 0.6) is 0 Å². The lowest BCUT2D eigenvalue weighted by atomic mass is 10.0. The molecule has 0 bridgehead atoms. The van der Waals surface area contributed by atoms with Crippen molar-refractivity contribution in [1.82, 2.24) is 9.21 Å². The van der Waals surface area contributed by atoms with Gasteiger partial charge >= 0.3 is 5.97 Å². The molecule has 0 atom stereocenters. The highest BCUT2D eigenvalue weighted by atomic mass is 32.2. The summed E-state index contributed by atoms with van der Waals surface area (Å²) in [5, 5.41) is 5.06. The SMILES string of the molecule is CCOC(=O)c1c(-c2ccccc2)csc1NC(=O)CN1CCN(S(=O)(=O)c2ccc(F)cc2)CC1. The molecule has 11 heteroatoms. The first-order valence-corrected chi connectivity index (χ1v) is 13.7. The van der Waals surface area contributed by atoms with Crippen LogP contribution in [0.1, 0.15) is 17.3 Å². The Labute approximate surface area is 213 Å². The largest absolute Gasteiger partial charge is 0.462 e. The van der Waals surface area contributed by atoms with E-state index in [0.29, 0.717) is 29.2 Å². The number of carbonyl (C=O) groups is 2. The fourth-order valence-electron chi connectivity index (χ4n) is 3.94. The van der Waals surface area contributed by atoms with Crippen molar-refractivity contribution >= 4 is 38.2 Å². The molecular weight excluding hydrogens is 505 g/mol. The monoisotopic (exact) mass is 531 g/mol. The van der Waals surface area contributed by atoms with Crippen LogP contribution >= 0.6 is 11.3 Å². The van der Waals surface area contributed by atoms with E-state index in [9.17, 15) is 22.4 Å². The second-order valence-corrected chi connectivity index (χ2v) is 10.9. The van der Waals surface area contributed by atoms with Gasteiger partial charge < -0.3 is 10.1 Å². The van der Waals surface area contributed by atoms with Gasteiger partial charge in [-0.2, -0.15) is 4.31 Å². The summed E-state index contributed by atoms with van der Waals surface area (Å²) in [4.78, 5) is 27.4. The summed E-state index contributed by atoms with van der Waals surface area (Å²) in [6, 6.07) is 14.1. The number of benzene rings is 2. The number of nitrogens with zero attached hydrogens (tertiary/aromatic N) is 2. The lowest BCUT2D eigenvalue weighted by Gasteiger charge is -2.33. The number of nitrogens with one attached hydrogen (secondary N) is 1. The molecule has 1 saturated heterocycles. The van der Waals surface area contributed by atoms with Crippen LogP contribution in [0.2, 0.25) is 0 Å². The summed E-state index contributed by atoms with van der Waals surface area (Å²) in [6.07, 6.45) is 0. The van der Waals surface area contributed by atoms with Crippen LogP contribution in [0.15, 0.2) is 64.9 Å². The van der Waals surface area contributed by atoms with Crippen LogP contribution in [-0.4, -0.2) is 68.8 Å². The molecule has 4 rings (SSSR count). The third kappa shape index (κ3) is 5.81. The molecule has 1 aliphatic rings. The van der Waals surface area contributed by atoms with Gasteiger partial charge in [0.05, 0.1) is 18.0 Å². The lowest BCUT2D eigenvalue weighted by Crippen LogP contribution is -2.50. The fourth-order valence-corrected chi connectivity index (χ4v) is 6.33. The average Bonchev–Trinajstić information content (AvgIpc) is 3.29. The van der Waals surface area contributed by atoms with Crippen LogP contribution in [0.25, 0.3) is 11.1 Å². The number of ether oxygens (including phenoxy) is 1. The van der Waals surface area contributed by atoms with Crippen LogP contribution in [-0.2, 0) is 19.6 Å². The zero-order valence-corrected chi connectivity index (χ0v) is 21.3. The average molecular weight is 532 g/mol. The van der Waals surface area contributed by atoms with Gasteiger partial charge in [0.25, 0.3) is 0 Å². The maximum atomic E-state index is 13.2. The molecule has 8 nitrogen and oxygen atoms in total. The zero-order chi connectivity index (χ0) is 25.7. The van der Waals surface area contributed by atoms with E-state index in [1.807, 2.05) is 40.6 Å². The molecule has 3 aromatic rings. The molecule has 190 valence electrons. The van der Waals surface area contributed by atoms with E-state index in [2.05, 4.69) is 5.32 Å². The summed E-state index contributed by atoms with van der Waals surface area (Å²) in [6.45, 7) is 3.11. The maximum Gasteiger partial charge on any atom is 0.341 e. The number of amides is 1. The second kappa shape index (κ2) is 11.3. The van der Waals surface area contributed by atoms with E-state index in [1.54, 1.807) is 6.92 Å². The van der Waals surface area contributed by atoms with Gasteiger partial charge in [-0.25, -0.2) is 17.6 Å². The molecule has 0 saturated carbocycles. The number of halogens is 1. The topological polar surface area (TPSA) is 96.0 Å². The maximum absolute atomic E-state index is 13.2. The molecule has 0 aliphatic carbocycles. The van der Waals surface area contributed by atoms with E-state index >= 15 is 0 Å². The van der Waals surface area contributed by atoms with Gasteiger partial charge in [-0.1, -0.05) is 30.3 Å². The highest BCUT2D eigenvalue weighted by Gasteiger charge is 2.29. The molecule has 1 aromatic heterocycles. The number of piperazine rings is 1. The number of carbonyl (C=O) groups excluding carboxylic acids is 2. The van der Waals surface area contributed by atoms with Gasteiger partial charge in [0.1, 0.15) is 16.4 Å². The number of hydrogen-bond acceptors (Lipinski definition) is 7. The summed E-state index contributed by atoms with van der Waals surface area (Å²) in [5.74, 6) is -1.32. The smallest absolute Gasteiger partial charge is 0.341 e. The van der Waals surface area contributed by atoms with Crippen molar-refractivity contribution in [2.45, 2.75) is 11.8 Å². The highest BCUT2D eigenvalue weighted by molar-refractivity contribution is 7.89. The van der Waals surface area contributed by atoms with Crippen molar-refractivity contribution in [2.24, 2.45) is 0 Å². The molecule has 2 heterocycles. The van der Waals surface area contributed by atoms with E-state index in [4.69, 9.17) is 4.74 Å². The van der Waals surface area contributed by atoms with Crippen molar-refractivity contribution in [2.75, 3.05) is 44.6 Å². The van der Waals surface area contributed by atoms with Crippen LogP contribution in [0.4, 0.5) is 9.39 Å². The van der Waals surface area contributed by atoms with E-state index in [-0.39, 0.29) is 37.0 Å². The quantitative estimate of drug-likeness (QED) is 0.446. The van der Waals surface area contributed by atoms with Crippen LogP contribution in [0.3, 0.4) is 0 Å². The van der Waals surface area contributed by atoms with Gasteiger partial charge in [0.15, 0.2) is 0 Å². The predicted molar refractivity (Wildman–Crippen MR) is 136 cm³/mol. The Hall–Kier alpha value is -3.12. The first kappa shape index (κ1) is 26.0. The molecule has 1 N–H and O–H groups in total. The Morgan fingerprint density at radius 3 is 2.33 bits per heavy atom. The van der Waals surface area contributed by atoms with Gasteiger partial charge in [-0.05, 0) is 36.8 Å². The Morgan fingerprint density at radius 2 is 1.69 bits per heavy atom. The van der Waals surface area contributed by atoms with Crippen molar-refractivity contribution in [1.29, 1.82) is 0 Å². The third-order valence-corrected chi connectivity index (χ3v) is 8.57. The number of sulfonamides is 1. The van der Waals surface area contributed by atoms with Gasteiger partial charge in [0.2, 0.25) is 15.9 Å². The summed E-state index contributed by atoms with van der Waals surface area (Å²) < 4.78 is 45.3. The predicted octanol–water partition coefficient (Wildman–Crippen LogP) is 3.68. The fraction of sp³-hybridized carbons (Fsp3) is 0.280. The van der Waals surface area contributed by atoms with Crippen molar-refractivity contribution < 1.29 is 27.1 Å². The Balaban J connectivity index is 1.40. The van der Waals surface area contributed by atoms with E-state index in [0.717, 1.165) is 17.7 Å². The molecule has 0 unspecified atom stereocenters. The minimum Gasteiger partial charge on any atom is -0.462 e. The minimum atomic E-state index is -3.73. The molecule has 2 aromatic carbocycles. The first-order valence-electron chi connectivity index (χ1n) is 11.4. The van der Waals surface area contributed by atoms with E-state index < -0.39 is 21.8 Å². The molecular formula is C25H26FN3O5S2. The summed E-state index contributed by atoms with van der Waals surface area (Å²) >= 11 is 1.25. The Bertz CT molecular complexity index is 1320. The second-order valence-electron chi connectivity index (χ2n) is 8.12. The number of rotatable bonds is 8. The molecule has 36 heavy (non-hydrogen) atoms. The molecule has 1 amide bonds. The molecule has 0 radical (unpaired) electrons. The molecule has 0 spiro atoms. The third-order valence-electron chi connectivity index (χ3n) is 5.76. The van der Waals surface area contributed by atoms with Crippen molar-refractivity contribution in [3.63, 3.8) is 0 Å². The Kier molecular flexibility index (Phi) is 8.14. The molecule has 1 fully saturated rings. The van der Waals surface area contributed by atoms with Crippen molar-refractivity contribution in [3.8, 4) is 11.1 Å². The standard InChI is InChI=1S/C25H26FN3O5S2/c1-2-34-25(31)23-21(18-6-4-3-5-7-18)17-35-24(23)27-22(30)16-28-12-14-29(15-13-28)36(32,33)20-10-8-19(26)9-11-20/h3-11,17H,2,12-16H2,1H3,(H,27,30). The number of esters is 1. The number of thiophene rings is 1. The van der Waals surface area contributed by atoms with Gasteiger partial charge in [0, 0.05) is 37.1 Å². The lowest BCUT2D eigenvalue weighted by molar-refractivity contribution is -0.117. The number of anilines is 1. The normalized spacial score (nSPS) is 14.9. The summed E-state index contributed by atoms with van der Waals surface area (Å²) in [7, 11) is -3.73. The highest BCUT2D eigenvalue weighted by Crippen LogP contribution is 2.36. The van der Waals surface area contributed by atoms with Crippen molar-refractivity contribution in [3.05, 3.63) is 71.4 Å². The first-order chi connectivity index (χ1) is 17.3. The Morgan fingerprint density at radius 1 is 1.03 bits per heavy atom. The summed E-state index contributed by atoms with van der Waals surface area (Å²) in [5.41, 5.74) is 1.85. The minimum absolute atomic E-state index is 0.0357. The van der Waals surface area contributed by atoms with Gasteiger partial charge in [-0.3, -0.25) is 9.69 Å².